The second kappa shape index (κ2) is 5.62. The maximum Gasteiger partial charge on any atom is 0.0717 e. The quantitative estimate of drug-likeness (QED) is 0.866. The summed E-state index contributed by atoms with van der Waals surface area (Å²) in [7, 11) is 0. The highest BCUT2D eigenvalue weighted by atomic mass is 16.3. The Labute approximate surface area is 115 Å². The molecule has 2 N–H and O–H groups in total. The summed E-state index contributed by atoms with van der Waals surface area (Å²) in [6, 6.07) is 14.6. The molecule has 0 bridgehead atoms. The van der Waals surface area contributed by atoms with Crippen LogP contribution in [0.3, 0.4) is 0 Å². The van der Waals surface area contributed by atoms with Crippen molar-refractivity contribution in [3.63, 3.8) is 0 Å². The van der Waals surface area contributed by atoms with E-state index in [9.17, 15) is 5.11 Å². The second-order valence-corrected chi connectivity index (χ2v) is 6.36. The predicted molar refractivity (Wildman–Crippen MR) is 82.5 cm³/mol. The van der Waals surface area contributed by atoms with Gasteiger partial charge in [-0.1, -0.05) is 51.1 Å². The SMILES string of the molecule is CC(C)(C)CC(O)CNc1ccc2ccccc2c1. The van der Waals surface area contributed by atoms with Crippen LogP contribution in [0.2, 0.25) is 0 Å². The Morgan fingerprint density at radius 3 is 2.42 bits per heavy atom. The molecule has 1 atom stereocenters. The van der Waals surface area contributed by atoms with Crippen LogP contribution in [-0.2, 0) is 0 Å². The Kier molecular flexibility index (Phi) is 4.11. The lowest BCUT2D eigenvalue weighted by Gasteiger charge is -2.22. The van der Waals surface area contributed by atoms with E-state index in [4.69, 9.17) is 0 Å². The first-order valence-corrected chi connectivity index (χ1v) is 6.85. The maximum absolute atomic E-state index is 10.00. The first-order chi connectivity index (χ1) is 8.94. The standard InChI is InChI=1S/C17H23NO/c1-17(2,3)11-16(19)12-18-15-9-8-13-6-4-5-7-14(13)10-15/h4-10,16,18-19H,11-12H2,1-3H3. The first kappa shape index (κ1) is 13.9. The van der Waals surface area contributed by atoms with E-state index in [1.54, 1.807) is 0 Å². The fourth-order valence-electron chi connectivity index (χ4n) is 2.31. The molecule has 0 amide bonds. The zero-order chi connectivity index (χ0) is 13.9. The fraction of sp³-hybridized carbons (Fsp3) is 0.412. The summed E-state index contributed by atoms with van der Waals surface area (Å²) in [5.41, 5.74) is 1.22. The average molecular weight is 257 g/mol. The van der Waals surface area contributed by atoms with Gasteiger partial charge in [0.2, 0.25) is 0 Å². The minimum Gasteiger partial charge on any atom is -0.391 e. The minimum atomic E-state index is -0.313. The molecule has 1 unspecified atom stereocenters. The van der Waals surface area contributed by atoms with Crippen molar-refractivity contribution in [2.24, 2.45) is 5.41 Å². The summed E-state index contributed by atoms with van der Waals surface area (Å²) in [4.78, 5) is 0. The molecule has 2 rings (SSSR count). The number of hydrogen-bond donors (Lipinski definition) is 2. The number of aliphatic hydroxyl groups is 1. The van der Waals surface area contributed by atoms with Gasteiger partial charge in [-0.05, 0) is 34.7 Å². The number of hydrogen-bond acceptors (Lipinski definition) is 2. The Bertz CT molecular complexity index is 542. The van der Waals surface area contributed by atoms with E-state index in [0.717, 1.165) is 12.1 Å². The van der Waals surface area contributed by atoms with Crippen LogP contribution in [-0.4, -0.2) is 17.8 Å². The van der Waals surface area contributed by atoms with E-state index in [-0.39, 0.29) is 11.5 Å². The van der Waals surface area contributed by atoms with Crippen LogP contribution in [0.5, 0.6) is 0 Å². The van der Waals surface area contributed by atoms with Crippen LogP contribution in [0.1, 0.15) is 27.2 Å². The molecule has 0 fully saturated rings. The van der Waals surface area contributed by atoms with Gasteiger partial charge in [-0.2, -0.15) is 0 Å². The largest absolute Gasteiger partial charge is 0.391 e. The zero-order valence-corrected chi connectivity index (χ0v) is 12.0. The smallest absolute Gasteiger partial charge is 0.0717 e. The molecule has 0 heterocycles. The number of nitrogens with one attached hydrogen (secondary N) is 1. The highest BCUT2D eigenvalue weighted by Crippen LogP contribution is 2.22. The lowest BCUT2D eigenvalue weighted by Crippen LogP contribution is -2.25. The van der Waals surface area contributed by atoms with E-state index in [0.29, 0.717) is 6.54 Å². The van der Waals surface area contributed by atoms with Gasteiger partial charge in [-0.25, -0.2) is 0 Å². The maximum atomic E-state index is 10.00. The lowest BCUT2D eigenvalue weighted by atomic mass is 9.89. The van der Waals surface area contributed by atoms with Gasteiger partial charge in [0, 0.05) is 12.2 Å². The van der Waals surface area contributed by atoms with Gasteiger partial charge < -0.3 is 10.4 Å². The van der Waals surface area contributed by atoms with Crippen molar-refractivity contribution >= 4 is 16.5 Å². The molecule has 2 aromatic carbocycles. The van der Waals surface area contributed by atoms with Crippen LogP contribution in [0.15, 0.2) is 42.5 Å². The molecule has 0 saturated heterocycles. The number of benzene rings is 2. The summed E-state index contributed by atoms with van der Waals surface area (Å²) < 4.78 is 0. The number of anilines is 1. The van der Waals surface area contributed by atoms with Crippen molar-refractivity contribution in [1.29, 1.82) is 0 Å². The molecule has 0 radical (unpaired) electrons. The minimum absolute atomic E-state index is 0.157. The van der Waals surface area contributed by atoms with E-state index in [1.165, 1.54) is 10.8 Å². The molecule has 102 valence electrons. The van der Waals surface area contributed by atoms with Crippen molar-refractivity contribution in [1.82, 2.24) is 0 Å². The predicted octanol–water partition coefficient (Wildman–Crippen LogP) is 4.05. The number of aliphatic hydroxyl groups excluding tert-OH is 1. The van der Waals surface area contributed by atoms with E-state index >= 15 is 0 Å². The Morgan fingerprint density at radius 2 is 1.74 bits per heavy atom. The van der Waals surface area contributed by atoms with E-state index in [2.05, 4.69) is 56.4 Å². The van der Waals surface area contributed by atoms with Gasteiger partial charge in [-0.3, -0.25) is 0 Å². The third-order valence-corrected chi connectivity index (χ3v) is 3.14. The third kappa shape index (κ3) is 4.25. The molecular formula is C17H23NO. The normalized spacial score (nSPS) is 13.5. The second-order valence-electron chi connectivity index (χ2n) is 6.36. The van der Waals surface area contributed by atoms with Gasteiger partial charge in [0.15, 0.2) is 0 Å². The molecule has 2 nitrogen and oxygen atoms in total. The van der Waals surface area contributed by atoms with Crippen LogP contribution in [0.4, 0.5) is 5.69 Å². The number of rotatable bonds is 4. The van der Waals surface area contributed by atoms with Crippen molar-refractivity contribution in [3.05, 3.63) is 42.5 Å². The van der Waals surface area contributed by atoms with Crippen LogP contribution in [0.25, 0.3) is 10.8 Å². The van der Waals surface area contributed by atoms with Gasteiger partial charge >= 0.3 is 0 Å². The van der Waals surface area contributed by atoms with Crippen LogP contribution >= 0.6 is 0 Å². The summed E-state index contributed by atoms with van der Waals surface area (Å²) in [6.45, 7) is 7.03. The topological polar surface area (TPSA) is 32.3 Å². The first-order valence-electron chi connectivity index (χ1n) is 6.85. The Hall–Kier alpha value is -1.54. The molecular weight excluding hydrogens is 234 g/mol. The monoisotopic (exact) mass is 257 g/mol. The zero-order valence-electron chi connectivity index (χ0n) is 12.0. The van der Waals surface area contributed by atoms with Gasteiger partial charge in [0.05, 0.1) is 6.10 Å². The van der Waals surface area contributed by atoms with Crippen molar-refractivity contribution in [2.75, 3.05) is 11.9 Å². The van der Waals surface area contributed by atoms with E-state index < -0.39 is 0 Å². The van der Waals surface area contributed by atoms with E-state index in [1.807, 2.05) is 12.1 Å². The highest BCUT2D eigenvalue weighted by Gasteiger charge is 2.16. The molecule has 19 heavy (non-hydrogen) atoms. The molecule has 0 spiro atoms. The Morgan fingerprint density at radius 1 is 1.05 bits per heavy atom. The van der Waals surface area contributed by atoms with Crippen LogP contribution in [0, 0.1) is 5.41 Å². The van der Waals surface area contributed by atoms with Crippen LogP contribution < -0.4 is 5.32 Å². The fourth-order valence-corrected chi connectivity index (χ4v) is 2.31. The molecule has 2 aromatic rings. The number of fused-ring (bicyclic) bond motifs is 1. The Balaban J connectivity index is 1.98. The summed E-state index contributed by atoms with van der Waals surface area (Å²) >= 11 is 0. The van der Waals surface area contributed by atoms with Gasteiger partial charge in [-0.15, -0.1) is 0 Å². The third-order valence-electron chi connectivity index (χ3n) is 3.14. The summed E-state index contributed by atoms with van der Waals surface area (Å²) in [5, 5.41) is 15.8. The van der Waals surface area contributed by atoms with Crippen molar-refractivity contribution in [3.8, 4) is 0 Å². The van der Waals surface area contributed by atoms with Crippen molar-refractivity contribution < 1.29 is 5.11 Å². The molecule has 0 aliphatic carbocycles. The van der Waals surface area contributed by atoms with Crippen molar-refractivity contribution in [2.45, 2.75) is 33.3 Å². The van der Waals surface area contributed by atoms with Gasteiger partial charge in [0.25, 0.3) is 0 Å². The molecule has 0 aliphatic rings. The molecule has 2 heteroatoms. The summed E-state index contributed by atoms with van der Waals surface area (Å²) in [6.07, 6.45) is 0.486. The summed E-state index contributed by atoms with van der Waals surface area (Å²) in [5.74, 6) is 0. The molecule has 0 saturated carbocycles. The lowest BCUT2D eigenvalue weighted by molar-refractivity contribution is 0.132. The van der Waals surface area contributed by atoms with Gasteiger partial charge in [0.1, 0.15) is 0 Å². The molecule has 0 aromatic heterocycles. The highest BCUT2D eigenvalue weighted by molar-refractivity contribution is 5.85. The molecule has 0 aliphatic heterocycles. The average Bonchev–Trinajstić information content (AvgIpc) is 2.34.